The highest BCUT2D eigenvalue weighted by atomic mass is 16.8. The Balaban J connectivity index is 2.60. The van der Waals surface area contributed by atoms with E-state index < -0.39 is 18.0 Å². The van der Waals surface area contributed by atoms with Gasteiger partial charge in [-0.2, -0.15) is 0 Å². The summed E-state index contributed by atoms with van der Waals surface area (Å²) in [7, 11) is 0. The van der Waals surface area contributed by atoms with Crippen LogP contribution in [0.15, 0.2) is 10.3 Å². The molecule has 6 heteroatoms. The van der Waals surface area contributed by atoms with E-state index in [1.54, 1.807) is 0 Å². The zero-order valence-corrected chi connectivity index (χ0v) is 19.2. The first-order chi connectivity index (χ1) is 14.0. The molecular weight excluding hydrogens is 368 g/mol. The van der Waals surface area contributed by atoms with Crippen molar-refractivity contribution in [1.29, 1.82) is 0 Å². The van der Waals surface area contributed by atoms with Crippen LogP contribution in [0.3, 0.4) is 0 Å². The van der Waals surface area contributed by atoms with E-state index in [1.165, 1.54) is 51.4 Å². The molecular formula is C23H44N2O4. The van der Waals surface area contributed by atoms with Gasteiger partial charge < -0.3 is 19.9 Å². The summed E-state index contributed by atoms with van der Waals surface area (Å²) in [5.41, 5.74) is 1.17. The lowest BCUT2D eigenvalue weighted by Gasteiger charge is -2.19. The molecule has 1 aliphatic heterocycles. The Morgan fingerprint density at radius 2 is 1.00 bits per heavy atom. The van der Waals surface area contributed by atoms with E-state index in [0.29, 0.717) is 24.3 Å². The van der Waals surface area contributed by atoms with Gasteiger partial charge in [-0.25, -0.2) is 0 Å². The second-order valence-electron chi connectivity index (χ2n) is 8.69. The van der Waals surface area contributed by atoms with Crippen molar-refractivity contribution < 1.29 is 19.9 Å². The summed E-state index contributed by atoms with van der Waals surface area (Å²) in [5, 5.41) is 26.3. The molecule has 0 saturated carbocycles. The van der Waals surface area contributed by atoms with Crippen molar-refractivity contribution >= 4 is 11.4 Å². The van der Waals surface area contributed by atoms with Crippen molar-refractivity contribution in [2.45, 2.75) is 136 Å². The molecule has 0 amide bonds. The monoisotopic (exact) mass is 412 g/mol. The minimum Gasteiger partial charge on any atom is -0.411 e. The molecule has 29 heavy (non-hydrogen) atoms. The number of rotatable bonds is 16. The minimum absolute atomic E-state index is 0.503. The van der Waals surface area contributed by atoms with Gasteiger partial charge in [-0.15, -0.1) is 0 Å². The van der Waals surface area contributed by atoms with Crippen LogP contribution in [0.25, 0.3) is 0 Å². The molecule has 0 radical (unpaired) electrons. The van der Waals surface area contributed by atoms with Crippen LogP contribution in [0.4, 0.5) is 0 Å². The smallest absolute Gasteiger partial charge is 0.164 e. The van der Waals surface area contributed by atoms with Gasteiger partial charge in [0.15, 0.2) is 5.79 Å². The maximum Gasteiger partial charge on any atom is 0.164 e. The van der Waals surface area contributed by atoms with Crippen molar-refractivity contribution in [2.24, 2.45) is 10.3 Å². The van der Waals surface area contributed by atoms with Gasteiger partial charge in [-0.3, -0.25) is 0 Å². The third-order valence-electron chi connectivity index (χ3n) is 5.58. The summed E-state index contributed by atoms with van der Waals surface area (Å²) in [6.07, 6.45) is 14.4. The van der Waals surface area contributed by atoms with Crippen molar-refractivity contribution in [3.63, 3.8) is 0 Å². The number of hydrogen-bond acceptors (Lipinski definition) is 6. The van der Waals surface area contributed by atoms with Gasteiger partial charge in [0.25, 0.3) is 0 Å². The fraction of sp³-hybridized carbons (Fsp3) is 0.913. The number of hydrogen-bond donors (Lipinski definition) is 2. The van der Waals surface area contributed by atoms with Crippen molar-refractivity contribution in [1.82, 2.24) is 0 Å². The molecule has 6 nitrogen and oxygen atoms in total. The average molecular weight is 413 g/mol. The number of oxime groups is 2. The van der Waals surface area contributed by atoms with Gasteiger partial charge in [0.1, 0.15) is 12.2 Å². The molecule has 1 saturated heterocycles. The highest BCUT2D eigenvalue weighted by Crippen LogP contribution is 2.32. The number of ether oxygens (including phenoxy) is 2. The SMILES string of the molecule is CCCCCCCC/C(=N\O)[C@@H]1OC(C)(C)O[C@H]1/C(CCCCCCCC)=N/O. The van der Waals surface area contributed by atoms with Crippen LogP contribution in [0.2, 0.25) is 0 Å². The van der Waals surface area contributed by atoms with Crippen LogP contribution in [-0.4, -0.2) is 39.8 Å². The number of nitrogens with zero attached hydrogens (tertiary/aromatic N) is 2. The van der Waals surface area contributed by atoms with Crippen molar-refractivity contribution in [2.75, 3.05) is 0 Å². The Labute approximate surface area is 177 Å². The van der Waals surface area contributed by atoms with Crippen LogP contribution >= 0.6 is 0 Å². The molecule has 170 valence electrons. The summed E-state index contributed by atoms with van der Waals surface area (Å²) in [5.74, 6) is -0.802. The quantitative estimate of drug-likeness (QED) is 0.128. The first-order valence-electron chi connectivity index (χ1n) is 11.8. The molecule has 1 aliphatic rings. The summed E-state index contributed by atoms with van der Waals surface area (Å²) < 4.78 is 12.1. The van der Waals surface area contributed by atoms with Gasteiger partial charge >= 0.3 is 0 Å². The van der Waals surface area contributed by atoms with Crippen molar-refractivity contribution in [3.8, 4) is 0 Å². The normalized spacial score (nSPS) is 22.3. The molecule has 0 aromatic rings. The molecule has 1 heterocycles. The van der Waals surface area contributed by atoms with Crippen LogP contribution in [-0.2, 0) is 9.47 Å². The number of unbranched alkanes of at least 4 members (excludes halogenated alkanes) is 10. The summed E-state index contributed by atoms with van der Waals surface area (Å²) in [6, 6.07) is 0. The lowest BCUT2D eigenvalue weighted by molar-refractivity contribution is -0.136. The Morgan fingerprint density at radius 3 is 1.34 bits per heavy atom. The molecule has 0 aromatic heterocycles. The highest BCUT2D eigenvalue weighted by Gasteiger charge is 2.46. The molecule has 2 N–H and O–H groups in total. The van der Waals surface area contributed by atoms with E-state index in [2.05, 4.69) is 24.2 Å². The highest BCUT2D eigenvalue weighted by molar-refractivity contribution is 5.98. The van der Waals surface area contributed by atoms with Gasteiger partial charge in [0.2, 0.25) is 0 Å². The second kappa shape index (κ2) is 14.8. The van der Waals surface area contributed by atoms with E-state index in [-0.39, 0.29) is 0 Å². The lowest BCUT2D eigenvalue weighted by Crippen LogP contribution is -2.37. The predicted molar refractivity (Wildman–Crippen MR) is 118 cm³/mol. The van der Waals surface area contributed by atoms with E-state index in [4.69, 9.17) is 9.47 Å². The van der Waals surface area contributed by atoms with Crippen LogP contribution in [0.5, 0.6) is 0 Å². The molecule has 1 fully saturated rings. The Bertz CT molecular complexity index is 449. The Kier molecular flexibility index (Phi) is 13.2. The van der Waals surface area contributed by atoms with Crippen LogP contribution < -0.4 is 0 Å². The first kappa shape index (κ1) is 25.9. The van der Waals surface area contributed by atoms with Crippen molar-refractivity contribution in [3.05, 3.63) is 0 Å². The topological polar surface area (TPSA) is 83.6 Å². The molecule has 1 rings (SSSR count). The van der Waals surface area contributed by atoms with E-state index in [1.807, 2.05) is 13.8 Å². The third-order valence-corrected chi connectivity index (χ3v) is 5.58. The zero-order chi connectivity index (χ0) is 21.5. The molecule has 0 spiro atoms. The minimum atomic E-state index is -0.802. The fourth-order valence-electron chi connectivity index (χ4n) is 3.92. The molecule has 0 bridgehead atoms. The summed E-state index contributed by atoms with van der Waals surface area (Å²) in [4.78, 5) is 0. The lowest BCUT2D eigenvalue weighted by atomic mass is 9.96. The van der Waals surface area contributed by atoms with Gasteiger partial charge in [0.05, 0.1) is 11.4 Å². The third kappa shape index (κ3) is 9.94. The largest absolute Gasteiger partial charge is 0.411 e. The van der Waals surface area contributed by atoms with Crippen LogP contribution in [0, 0.1) is 0 Å². The van der Waals surface area contributed by atoms with Gasteiger partial charge in [-0.1, -0.05) is 88.4 Å². The molecule has 0 unspecified atom stereocenters. The second-order valence-corrected chi connectivity index (χ2v) is 8.69. The summed E-state index contributed by atoms with van der Waals surface area (Å²) in [6.45, 7) is 8.11. The molecule has 0 aromatic carbocycles. The maximum absolute atomic E-state index is 9.62. The summed E-state index contributed by atoms with van der Waals surface area (Å²) >= 11 is 0. The van der Waals surface area contributed by atoms with Crippen LogP contribution in [0.1, 0.15) is 118 Å². The van der Waals surface area contributed by atoms with Gasteiger partial charge in [0, 0.05) is 0 Å². The fourth-order valence-corrected chi connectivity index (χ4v) is 3.92. The maximum atomic E-state index is 9.62. The zero-order valence-electron chi connectivity index (χ0n) is 19.2. The predicted octanol–water partition coefficient (Wildman–Crippen LogP) is 6.67. The van der Waals surface area contributed by atoms with Gasteiger partial charge in [-0.05, 0) is 39.5 Å². The van der Waals surface area contributed by atoms with E-state index in [0.717, 1.165) is 25.7 Å². The molecule has 2 atom stereocenters. The first-order valence-corrected chi connectivity index (χ1v) is 11.8. The average Bonchev–Trinajstić information content (AvgIpc) is 3.02. The Morgan fingerprint density at radius 1 is 0.655 bits per heavy atom. The van der Waals surface area contributed by atoms with E-state index in [9.17, 15) is 10.4 Å². The Hall–Kier alpha value is -1.14. The standard InChI is InChI=1S/C23H44N2O4/c1-5-7-9-11-13-15-17-19(24-26)21-22(29-23(3,4)28-21)20(25-27)18-16-14-12-10-8-6-2/h21-22,26-27H,5-18H2,1-4H3/b24-19+,25-20+/t21-,22-/m0/s1. The molecule has 0 aliphatic carbocycles. The van der Waals surface area contributed by atoms with E-state index >= 15 is 0 Å².